The van der Waals surface area contributed by atoms with Gasteiger partial charge in [0.15, 0.2) is 6.10 Å². The van der Waals surface area contributed by atoms with E-state index in [1.165, 1.54) is 0 Å². The number of anilines is 1. The topological polar surface area (TPSA) is 122 Å². The third-order valence-corrected chi connectivity index (χ3v) is 7.93. The summed E-state index contributed by atoms with van der Waals surface area (Å²) in [6.07, 6.45) is 0.853. The van der Waals surface area contributed by atoms with E-state index in [0.29, 0.717) is 28.6 Å². The molecule has 2 aromatic heterocycles. The van der Waals surface area contributed by atoms with E-state index >= 15 is 0 Å². The van der Waals surface area contributed by atoms with Crippen LogP contribution in [0, 0.1) is 18.3 Å². The summed E-state index contributed by atoms with van der Waals surface area (Å²) < 4.78 is 10.9. The number of thiophene rings is 1. The standard InChI is InChI=1S/C29H32N4O5S/c1-5-13-33-14-12-22-20(16-33)24(18-10-8-9-11-21(18)31-22)28(35)38-23(6-2)26(34)32-27-19(15-30)17(4)25(39-27)29(36)37-7-3/h8-11,23H,5-7,12-14,16H2,1-4H3,(H,32,34). The zero-order valence-corrected chi connectivity index (χ0v) is 23.4. The van der Waals surface area contributed by atoms with E-state index in [4.69, 9.17) is 14.5 Å². The number of ether oxygens (including phenoxy) is 2. The second-order valence-corrected chi connectivity index (χ2v) is 10.4. The largest absolute Gasteiger partial charge is 0.462 e. The highest BCUT2D eigenvalue weighted by Gasteiger charge is 2.30. The number of hydrogen-bond donors (Lipinski definition) is 1. The number of fused-ring (bicyclic) bond motifs is 2. The molecular formula is C29H32N4O5S. The van der Waals surface area contributed by atoms with Crippen LogP contribution in [0.15, 0.2) is 24.3 Å². The first-order valence-corrected chi connectivity index (χ1v) is 14.0. The molecule has 0 fully saturated rings. The number of aromatic nitrogens is 1. The number of hydrogen-bond acceptors (Lipinski definition) is 9. The molecule has 1 atom stereocenters. The van der Waals surface area contributed by atoms with Crippen LogP contribution in [-0.4, -0.2) is 53.5 Å². The van der Waals surface area contributed by atoms with Crippen molar-refractivity contribution in [3.63, 3.8) is 0 Å². The van der Waals surface area contributed by atoms with Crippen LogP contribution in [0.2, 0.25) is 0 Å². The Bertz CT molecular complexity index is 1460. The first kappa shape index (κ1) is 28.2. The molecule has 3 heterocycles. The maximum absolute atomic E-state index is 13.7. The number of nitriles is 1. The van der Waals surface area contributed by atoms with Gasteiger partial charge in [-0.05, 0) is 44.9 Å². The fourth-order valence-corrected chi connectivity index (χ4v) is 5.87. The number of nitrogens with one attached hydrogen (secondary N) is 1. The van der Waals surface area contributed by atoms with E-state index in [0.717, 1.165) is 48.5 Å². The number of para-hydroxylation sites is 1. The molecule has 0 spiro atoms. The predicted octanol–water partition coefficient (Wildman–Crippen LogP) is 5.00. The Morgan fingerprint density at radius 2 is 1.97 bits per heavy atom. The van der Waals surface area contributed by atoms with Crippen molar-refractivity contribution in [2.75, 3.05) is 25.0 Å². The van der Waals surface area contributed by atoms with Crippen molar-refractivity contribution in [1.29, 1.82) is 5.26 Å². The summed E-state index contributed by atoms with van der Waals surface area (Å²) in [5.74, 6) is -1.71. The summed E-state index contributed by atoms with van der Waals surface area (Å²) in [5, 5.41) is 13.3. The van der Waals surface area contributed by atoms with Crippen LogP contribution in [0.4, 0.5) is 5.00 Å². The molecule has 0 aliphatic carbocycles. The molecular weight excluding hydrogens is 516 g/mol. The zero-order chi connectivity index (χ0) is 28.1. The quantitative estimate of drug-likeness (QED) is 0.371. The van der Waals surface area contributed by atoms with Crippen LogP contribution in [0.5, 0.6) is 0 Å². The molecule has 204 valence electrons. The lowest BCUT2D eigenvalue weighted by molar-refractivity contribution is -0.124. The van der Waals surface area contributed by atoms with Crippen molar-refractivity contribution in [3.05, 3.63) is 57.1 Å². The van der Waals surface area contributed by atoms with Crippen molar-refractivity contribution in [2.45, 2.75) is 59.6 Å². The number of pyridine rings is 1. The molecule has 1 N–H and O–H groups in total. The van der Waals surface area contributed by atoms with E-state index in [1.807, 2.05) is 30.3 Å². The number of benzene rings is 1. The summed E-state index contributed by atoms with van der Waals surface area (Å²) in [6, 6.07) is 9.51. The van der Waals surface area contributed by atoms with Crippen molar-refractivity contribution < 1.29 is 23.9 Å². The van der Waals surface area contributed by atoms with Gasteiger partial charge in [-0.1, -0.05) is 32.0 Å². The smallest absolute Gasteiger partial charge is 0.348 e. The maximum atomic E-state index is 13.7. The summed E-state index contributed by atoms with van der Waals surface area (Å²) >= 11 is 0.972. The van der Waals surface area contributed by atoms with Crippen LogP contribution >= 0.6 is 11.3 Å². The molecule has 1 aliphatic heterocycles. The van der Waals surface area contributed by atoms with Crippen LogP contribution < -0.4 is 5.32 Å². The highest BCUT2D eigenvalue weighted by molar-refractivity contribution is 7.18. The summed E-state index contributed by atoms with van der Waals surface area (Å²) in [6.45, 7) is 9.76. The third-order valence-electron chi connectivity index (χ3n) is 6.74. The van der Waals surface area contributed by atoms with Gasteiger partial charge in [0, 0.05) is 36.2 Å². The van der Waals surface area contributed by atoms with E-state index in [9.17, 15) is 19.6 Å². The number of carbonyl (C=O) groups is 3. The van der Waals surface area contributed by atoms with E-state index in [1.54, 1.807) is 20.8 Å². The van der Waals surface area contributed by atoms with Crippen molar-refractivity contribution in [3.8, 4) is 6.07 Å². The molecule has 10 heteroatoms. The van der Waals surface area contributed by atoms with E-state index in [2.05, 4.69) is 17.1 Å². The van der Waals surface area contributed by atoms with Gasteiger partial charge in [-0.25, -0.2) is 9.59 Å². The molecule has 0 bridgehead atoms. The van der Waals surface area contributed by atoms with Crippen LogP contribution in [0.25, 0.3) is 10.9 Å². The van der Waals surface area contributed by atoms with E-state index < -0.39 is 23.9 Å². The highest BCUT2D eigenvalue weighted by Crippen LogP contribution is 2.34. The summed E-state index contributed by atoms with van der Waals surface area (Å²) in [7, 11) is 0. The normalized spacial score (nSPS) is 13.8. The fourth-order valence-electron chi connectivity index (χ4n) is 4.82. The summed E-state index contributed by atoms with van der Waals surface area (Å²) in [5.41, 5.74) is 3.49. The minimum atomic E-state index is -1.10. The average molecular weight is 549 g/mol. The van der Waals surface area contributed by atoms with Crippen LogP contribution in [0.3, 0.4) is 0 Å². The van der Waals surface area contributed by atoms with Gasteiger partial charge in [-0.15, -0.1) is 11.3 Å². The molecule has 9 nitrogen and oxygen atoms in total. The van der Waals surface area contributed by atoms with Gasteiger partial charge in [0.25, 0.3) is 5.91 Å². The monoisotopic (exact) mass is 548 g/mol. The second-order valence-electron chi connectivity index (χ2n) is 9.34. The van der Waals surface area contributed by atoms with Crippen molar-refractivity contribution >= 4 is 45.1 Å². The molecule has 0 saturated heterocycles. The van der Waals surface area contributed by atoms with Gasteiger partial charge in [0.05, 0.1) is 23.3 Å². The molecule has 4 rings (SSSR count). The molecule has 0 saturated carbocycles. The Kier molecular flexibility index (Phi) is 8.94. The van der Waals surface area contributed by atoms with Gasteiger partial charge in [0.2, 0.25) is 0 Å². The number of rotatable bonds is 9. The van der Waals surface area contributed by atoms with Crippen LogP contribution in [0.1, 0.15) is 76.0 Å². The Morgan fingerprint density at radius 3 is 2.67 bits per heavy atom. The molecule has 3 aromatic rings. The lowest BCUT2D eigenvalue weighted by Gasteiger charge is -2.30. The molecule has 39 heavy (non-hydrogen) atoms. The van der Waals surface area contributed by atoms with E-state index in [-0.39, 0.29) is 28.5 Å². The second kappa shape index (κ2) is 12.4. The first-order valence-electron chi connectivity index (χ1n) is 13.2. The fraction of sp³-hybridized carbons (Fsp3) is 0.414. The average Bonchev–Trinajstić information content (AvgIpc) is 3.24. The Balaban J connectivity index is 1.62. The predicted molar refractivity (Wildman–Crippen MR) is 149 cm³/mol. The summed E-state index contributed by atoms with van der Waals surface area (Å²) in [4.78, 5) is 46.6. The van der Waals surface area contributed by atoms with Gasteiger partial charge in [-0.3, -0.25) is 14.7 Å². The van der Waals surface area contributed by atoms with Gasteiger partial charge in [-0.2, -0.15) is 5.26 Å². The minimum Gasteiger partial charge on any atom is -0.462 e. The van der Waals surface area contributed by atoms with Gasteiger partial charge in [0.1, 0.15) is 15.9 Å². The lowest BCUT2D eigenvalue weighted by atomic mass is 9.95. The molecule has 1 aliphatic rings. The molecule has 1 aromatic carbocycles. The van der Waals surface area contributed by atoms with Crippen LogP contribution in [-0.2, 0) is 27.2 Å². The van der Waals surface area contributed by atoms with Gasteiger partial charge < -0.3 is 14.8 Å². The number of esters is 2. The first-order chi connectivity index (χ1) is 18.8. The Labute approximate surface area is 231 Å². The molecule has 1 amide bonds. The van der Waals surface area contributed by atoms with Crippen molar-refractivity contribution in [1.82, 2.24) is 9.88 Å². The minimum absolute atomic E-state index is 0.183. The Hall–Kier alpha value is -3.81. The maximum Gasteiger partial charge on any atom is 0.348 e. The molecule has 0 radical (unpaired) electrons. The number of nitrogens with zero attached hydrogens (tertiary/aromatic N) is 3. The Morgan fingerprint density at radius 1 is 1.21 bits per heavy atom. The highest BCUT2D eigenvalue weighted by atomic mass is 32.1. The number of amides is 1. The number of carbonyl (C=O) groups excluding carboxylic acids is 3. The molecule has 1 unspecified atom stereocenters. The third kappa shape index (κ3) is 5.79. The SMILES string of the molecule is CCCN1CCc2nc3ccccc3c(C(=O)OC(CC)C(=O)Nc3sc(C(=O)OCC)c(C)c3C#N)c2C1. The van der Waals surface area contributed by atoms with Gasteiger partial charge >= 0.3 is 11.9 Å². The zero-order valence-electron chi connectivity index (χ0n) is 22.6. The lowest BCUT2D eigenvalue weighted by Crippen LogP contribution is -2.35. The van der Waals surface area contributed by atoms with Crippen molar-refractivity contribution in [2.24, 2.45) is 0 Å².